The van der Waals surface area contributed by atoms with Crippen molar-refractivity contribution in [2.75, 3.05) is 6.54 Å². The Morgan fingerprint density at radius 3 is 2.33 bits per heavy atom. The van der Waals surface area contributed by atoms with Crippen LogP contribution in [0.4, 0.5) is 0 Å². The first-order valence-corrected chi connectivity index (χ1v) is 7.71. The van der Waals surface area contributed by atoms with Gasteiger partial charge in [0.2, 0.25) is 11.8 Å². The van der Waals surface area contributed by atoms with Crippen molar-refractivity contribution in [2.45, 2.75) is 32.9 Å². The van der Waals surface area contributed by atoms with Gasteiger partial charge in [-0.25, -0.2) is 0 Å². The van der Waals surface area contributed by atoms with Gasteiger partial charge in [-0.3, -0.25) is 9.59 Å². The molecule has 0 radical (unpaired) electrons. The van der Waals surface area contributed by atoms with Gasteiger partial charge in [0.1, 0.15) is 0 Å². The van der Waals surface area contributed by atoms with Crippen LogP contribution in [-0.4, -0.2) is 29.3 Å². The summed E-state index contributed by atoms with van der Waals surface area (Å²) in [6.45, 7) is 4.09. The van der Waals surface area contributed by atoms with Gasteiger partial charge < -0.3 is 16.4 Å². The Morgan fingerprint density at radius 1 is 1.29 bits per heavy atom. The molecule has 0 aromatic heterocycles. The molecule has 0 saturated carbocycles. The molecule has 1 aromatic carbocycles. The van der Waals surface area contributed by atoms with E-state index in [-0.39, 0.29) is 18.4 Å². The molecule has 0 aliphatic carbocycles. The molecule has 0 spiro atoms. The number of hydrogen-bond acceptors (Lipinski definition) is 3. The monoisotopic (exact) mass is 355 g/mol. The molecule has 116 valence electrons. The lowest BCUT2D eigenvalue weighted by molar-refractivity contribution is -0.137. The number of primary amides is 1. The fourth-order valence-corrected chi connectivity index (χ4v) is 2.18. The summed E-state index contributed by atoms with van der Waals surface area (Å²) < 4.78 is 0.954. The Kier molecular flexibility index (Phi) is 6.84. The number of carbonyl (C=O) groups is 2. The van der Waals surface area contributed by atoms with Gasteiger partial charge in [0.25, 0.3) is 0 Å². The quantitative estimate of drug-likeness (QED) is 0.778. The fourth-order valence-electron chi connectivity index (χ4n) is 1.92. The van der Waals surface area contributed by atoms with Gasteiger partial charge in [0.15, 0.2) is 0 Å². The van der Waals surface area contributed by atoms with Crippen molar-refractivity contribution in [1.29, 1.82) is 0 Å². The van der Waals surface area contributed by atoms with Crippen LogP contribution >= 0.6 is 15.9 Å². The summed E-state index contributed by atoms with van der Waals surface area (Å²) in [6, 6.07) is 6.93. The second kappa shape index (κ2) is 8.14. The highest BCUT2D eigenvalue weighted by Gasteiger charge is 2.26. The first kappa shape index (κ1) is 17.7. The normalized spacial score (nSPS) is 13.5. The minimum atomic E-state index is -0.621. The third kappa shape index (κ3) is 5.47. The van der Waals surface area contributed by atoms with Gasteiger partial charge in [-0.2, -0.15) is 0 Å². The third-order valence-electron chi connectivity index (χ3n) is 3.49. The SMILES string of the molecule is CCC(C)[C@H](N)C(=O)N(CC(N)=O)Cc1ccc(Br)cc1. The zero-order valence-corrected chi connectivity index (χ0v) is 14.0. The highest BCUT2D eigenvalue weighted by molar-refractivity contribution is 9.10. The number of amides is 2. The highest BCUT2D eigenvalue weighted by atomic mass is 79.9. The zero-order valence-electron chi connectivity index (χ0n) is 12.4. The molecule has 0 fully saturated rings. The van der Waals surface area contributed by atoms with Crippen molar-refractivity contribution in [3.8, 4) is 0 Å². The van der Waals surface area contributed by atoms with Crippen molar-refractivity contribution in [3.05, 3.63) is 34.3 Å². The summed E-state index contributed by atoms with van der Waals surface area (Å²) >= 11 is 3.36. The van der Waals surface area contributed by atoms with Crippen molar-refractivity contribution in [2.24, 2.45) is 17.4 Å². The van der Waals surface area contributed by atoms with Crippen LogP contribution < -0.4 is 11.5 Å². The highest BCUT2D eigenvalue weighted by Crippen LogP contribution is 2.14. The van der Waals surface area contributed by atoms with Gasteiger partial charge in [-0.15, -0.1) is 0 Å². The van der Waals surface area contributed by atoms with Crippen molar-refractivity contribution >= 4 is 27.7 Å². The van der Waals surface area contributed by atoms with Gasteiger partial charge >= 0.3 is 0 Å². The average molecular weight is 356 g/mol. The first-order valence-electron chi connectivity index (χ1n) is 6.92. The summed E-state index contributed by atoms with van der Waals surface area (Å²) in [5, 5.41) is 0. The minimum absolute atomic E-state index is 0.0535. The van der Waals surface area contributed by atoms with Gasteiger partial charge in [-0.05, 0) is 23.6 Å². The van der Waals surface area contributed by atoms with Crippen molar-refractivity contribution in [3.63, 3.8) is 0 Å². The van der Waals surface area contributed by atoms with Crippen LogP contribution in [0.3, 0.4) is 0 Å². The maximum atomic E-state index is 12.4. The lowest BCUT2D eigenvalue weighted by Crippen LogP contribution is -2.49. The lowest BCUT2D eigenvalue weighted by atomic mass is 9.98. The molecule has 1 rings (SSSR count). The van der Waals surface area contributed by atoms with E-state index in [9.17, 15) is 9.59 Å². The molecule has 2 atom stereocenters. The molecule has 5 nitrogen and oxygen atoms in total. The van der Waals surface area contributed by atoms with E-state index in [1.54, 1.807) is 0 Å². The number of carbonyl (C=O) groups excluding carboxylic acids is 2. The summed E-state index contributed by atoms with van der Waals surface area (Å²) in [5.74, 6) is -0.735. The van der Waals surface area contributed by atoms with Crippen LogP contribution in [0.2, 0.25) is 0 Å². The molecule has 21 heavy (non-hydrogen) atoms. The van der Waals surface area contributed by atoms with Crippen LogP contribution in [0.15, 0.2) is 28.7 Å². The molecule has 0 heterocycles. The molecule has 0 bridgehead atoms. The first-order chi connectivity index (χ1) is 9.85. The number of halogens is 1. The van der Waals surface area contributed by atoms with Crippen LogP contribution in [0, 0.1) is 5.92 Å². The Hall–Kier alpha value is -1.40. The standard InChI is InChI=1S/C15H22BrN3O2/c1-3-10(2)14(18)15(21)19(9-13(17)20)8-11-4-6-12(16)7-5-11/h4-7,10,14H,3,8-9,18H2,1-2H3,(H2,17,20)/t10?,14-/m0/s1. The zero-order chi connectivity index (χ0) is 16.0. The summed E-state index contributed by atoms with van der Waals surface area (Å²) in [6.07, 6.45) is 0.801. The third-order valence-corrected chi connectivity index (χ3v) is 4.02. The van der Waals surface area contributed by atoms with E-state index in [2.05, 4.69) is 15.9 Å². The van der Waals surface area contributed by atoms with Gasteiger partial charge in [-0.1, -0.05) is 48.3 Å². The van der Waals surface area contributed by atoms with E-state index >= 15 is 0 Å². The van der Waals surface area contributed by atoms with E-state index < -0.39 is 11.9 Å². The second-order valence-corrected chi connectivity index (χ2v) is 6.11. The minimum Gasteiger partial charge on any atom is -0.368 e. The second-order valence-electron chi connectivity index (χ2n) is 5.20. The number of rotatable bonds is 7. The number of benzene rings is 1. The van der Waals surface area contributed by atoms with Crippen LogP contribution in [-0.2, 0) is 16.1 Å². The Balaban J connectivity index is 2.86. The van der Waals surface area contributed by atoms with E-state index in [1.165, 1.54) is 4.90 Å². The molecular formula is C15H22BrN3O2. The summed E-state index contributed by atoms with van der Waals surface area (Å²) in [7, 11) is 0. The topological polar surface area (TPSA) is 89.4 Å². The van der Waals surface area contributed by atoms with Gasteiger partial charge in [0, 0.05) is 11.0 Å². The number of hydrogen-bond donors (Lipinski definition) is 2. The average Bonchev–Trinajstić information content (AvgIpc) is 2.46. The van der Waals surface area contributed by atoms with Crippen molar-refractivity contribution < 1.29 is 9.59 Å². The van der Waals surface area contributed by atoms with E-state index in [0.717, 1.165) is 16.5 Å². The Morgan fingerprint density at radius 2 is 1.86 bits per heavy atom. The molecule has 6 heteroatoms. The van der Waals surface area contributed by atoms with Crippen LogP contribution in [0.5, 0.6) is 0 Å². The van der Waals surface area contributed by atoms with E-state index in [1.807, 2.05) is 38.1 Å². The summed E-state index contributed by atoms with van der Waals surface area (Å²) in [5.41, 5.74) is 12.1. The summed E-state index contributed by atoms with van der Waals surface area (Å²) in [4.78, 5) is 25.1. The molecule has 1 unspecified atom stereocenters. The number of nitrogens with zero attached hydrogens (tertiary/aromatic N) is 1. The lowest BCUT2D eigenvalue weighted by Gasteiger charge is -2.27. The number of nitrogens with two attached hydrogens (primary N) is 2. The smallest absolute Gasteiger partial charge is 0.240 e. The van der Waals surface area contributed by atoms with Crippen LogP contribution in [0.25, 0.3) is 0 Å². The predicted octanol–water partition coefficient (Wildman–Crippen LogP) is 1.64. The largest absolute Gasteiger partial charge is 0.368 e. The maximum Gasteiger partial charge on any atom is 0.240 e. The molecule has 0 aliphatic rings. The Labute approximate surface area is 133 Å². The fraction of sp³-hybridized carbons (Fsp3) is 0.467. The maximum absolute atomic E-state index is 12.4. The van der Waals surface area contributed by atoms with Crippen LogP contribution in [0.1, 0.15) is 25.8 Å². The molecule has 0 aliphatic heterocycles. The van der Waals surface area contributed by atoms with Crippen molar-refractivity contribution in [1.82, 2.24) is 4.90 Å². The predicted molar refractivity (Wildman–Crippen MR) is 86.2 cm³/mol. The molecule has 1 aromatic rings. The van der Waals surface area contributed by atoms with Gasteiger partial charge in [0.05, 0.1) is 12.6 Å². The molecule has 0 saturated heterocycles. The molecular weight excluding hydrogens is 334 g/mol. The van der Waals surface area contributed by atoms with E-state index in [0.29, 0.717) is 6.54 Å². The Bertz CT molecular complexity index is 490. The van der Waals surface area contributed by atoms with E-state index in [4.69, 9.17) is 11.5 Å². The molecule has 2 amide bonds. The molecule has 4 N–H and O–H groups in total.